The summed E-state index contributed by atoms with van der Waals surface area (Å²) in [7, 11) is -3.69. The SMILES string of the molecule is O=S(=O)(Cc1ccc(F)cc1)NC[C@](O)(c1ccsc1)c1cccs1. The van der Waals surface area contributed by atoms with Gasteiger partial charge in [0.25, 0.3) is 0 Å². The Morgan fingerprint density at radius 3 is 2.48 bits per heavy atom. The quantitative estimate of drug-likeness (QED) is 0.643. The van der Waals surface area contributed by atoms with Gasteiger partial charge in [-0.1, -0.05) is 18.2 Å². The molecule has 2 heterocycles. The van der Waals surface area contributed by atoms with Crippen molar-refractivity contribution in [3.05, 3.63) is 80.4 Å². The van der Waals surface area contributed by atoms with Crippen molar-refractivity contribution < 1.29 is 17.9 Å². The third-order valence-electron chi connectivity index (χ3n) is 3.75. The molecule has 4 nitrogen and oxygen atoms in total. The molecular formula is C17H16FNO3S3. The number of sulfonamides is 1. The van der Waals surface area contributed by atoms with Crippen molar-refractivity contribution >= 4 is 32.7 Å². The summed E-state index contributed by atoms with van der Waals surface area (Å²) in [5.74, 6) is -0.698. The van der Waals surface area contributed by atoms with Crippen LogP contribution in [0.5, 0.6) is 0 Å². The molecule has 0 amide bonds. The minimum Gasteiger partial charge on any atom is -0.378 e. The minimum absolute atomic E-state index is 0.173. The van der Waals surface area contributed by atoms with Crippen LogP contribution in [0.15, 0.2) is 58.6 Å². The monoisotopic (exact) mass is 397 g/mol. The van der Waals surface area contributed by atoms with E-state index in [-0.39, 0.29) is 12.3 Å². The fourth-order valence-electron chi connectivity index (χ4n) is 2.41. The van der Waals surface area contributed by atoms with E-state index in [1.165, 1.54) is 46.9 Å². The van der Waals surface area contributed by atoms with E-state index in [1.54, 1.807) is 17.5 Å². The van der Waals surface area contributed by atoms with E-state index >= 15 is 0 Å². The first kappa shape index (κ1) is 18.2. The predicted octanol–water partition coefficient (Wildman–Crippen LogP) is 3.30. The maximum atomic E-state index is 12.9. The number of thiophene rings is 2. The van der Waals surface area contributed by atoms with Crippen LogP contribution in [0.25, 0.3) is 0 Å². The van der Waals surface area contributed by atoms with Gasteiger partial charge < -0.3 is 5.11 Å². The molecule has 2 aromatic heterocycles. The summed E-state index contributed by atoms with van der Waals surface area (Å²) in [6.07, 6.45) is 0. The van der Waals surface area contributed by atoms with Crippen molar-refractivity contribution in [3.63, 3.8) is 0 Å². The lowest BCUT2D eigenvalue weighted by molar-refractivity contribution is 0.0903. The highest BCUT2D eigenvalue weighted by Crippen LogP contribution is 2.33. The second-order valence-corrected chi connectivity index (χ2v) is 9.09. The van der Waals surface area contributed by atoms with Crippen LogP contribution in [0.2, 0.25) is 0 Å². The fraction of sp³-hybridized carbons (Fsp3) is 0.176. The van der Waals surface area contributed by atoms with Crippen LogP contribution in [-0.4, -0.2) is 20.1 Å². The molecule has 0 aliphatic carbocycles. The zero-order valence-electron chi connectivity index (χ0n) is 13.1. The number of rotatable bonds is 7. The number of hydrogen-bond donors (Lipinski definition) is 2. The molecule has 0 saturated heterocycles. The van der Waals surface area contributed by atoms with Gasteiger partial charge in [0.1, 0.15) is 11.4 Å². The highest BCUT2D eigenvalue weighted by atomic mass is 32.2. The topological polar surface area (TPSA) is 66.4 Å². The molecule has 3 rings (SSSR count). The van der Waals surface area contributed by atoms with E-state index in [1.807, 2.05) is 16.8 Å². The number of halogens is 1. The van der Waals surface area contributed by atoms with Crippen LogP contribution >= 0.6 is 22.7 Å². The van der Waals surface area contributed by atoms with Gasteiger partial charge in [-0.05, 0) is 46.0 Å². The molecule has 0 aliphatic heterocycles. The molecular weight excluding hydrogens is 381 g/mol. The van der Waals surface area contributed by atoms with E-state index in [4.69, 9.17) is 0 Å². The van der Waals surface area contributed by atoms with E-state index in [2.05, 4.69) is 4.72 Å². The number of nitrogens with one attached hydrogen (secondary N) is 1. The summed E-state index contributed by atoms with van der Waals surface area (Å²) in [4.78, 5) is 0.662. The molecule has 0 aliphatic rings. The standard InChI is InChI=1S/C17H16FNO3S3/c18-15-5-3-13(4-6-15)11-25(21,22)19-12-17(20,14-7-9-23-10-14)16-2-1-8-24-16/h1-10,19-20H,11-12H2/t17-/m0/s1. The summed E-state index contributed by atoms with van der Waals surface area (Å²) in [5.41, 5.74) is -0.308. The molecule has 1 atom stereocenters. The Morgan fingerprint density at radius 1 is 1.12 bits per heavy atom. The van der Waals surface area contributed by atoms with Crippen LogP contribution < -0.4 is 4.72 Å². The number of aliphatic hydroxyl groups is 1. The van der Waals surface area contributed by atoms with Crippen molar-refractivity contribution in [2.75, 3.05) is 6.54 Å². The van der Waals surface area contributed by atoms with Crippen molar-refractivity contribution in [2.45, 2.75) is 11.4 Å². The second kappa shape index (κ2) is 7.35. The Hall–Kier alpha value is -1.58. The minimum atomic E-state index is -3.69. The van der Waals surface area contributed by atoms with Crippen LogP contribution in [0.4, 0.5) is 4.39 Å². The largest absolute Gasteiger partial charge is 0.378 e. The lowest BCUT2D eigenvalue weighted by Crippen LogP contribution is -2.41. The molecule has 0 saturated carbocycles. The summed E-state index contributed by atoms with van der Waals surface area (Å²) in [5, 5.41) is 16.6. The molecule has 0 bridgehead atoms. The van der Waals surface area contributed by atoms with E-state index in [0.29, 0.717) is 16.0 Å². The summed E-state index contributed by atoms with van der Waals surface area (Å²) >= 11 is 2.80. The fourth-order valence-corrected chi connectivity index (χ4v) is 5.14. The van der Waals surface area contributed by atoms with Crippen LogP contribution in [0, 0.1) is 5.82 Å². The lowest BCUT2D eigenvalue weighted by Gasteiger charge is -2.27. The Labute approximate surface area is 153 Å². The van der Waals surface area contributed by atoms with Crippen molar-refractivity contribution in [2.24, 2.45) is 0 Å². The van der Waals surface area contributed by atoms with Gasteiger partial charge >= 0.3 is 0 Å². The molecule has 1 aromatic carbocycles. The van der Waals surface area contributed by atoms with Crippen LogP contribution in [-0.2, 0) is 21.4 Å². The van der Waals surface area contributed by atoms with E-state index in [0.717, 1.165) is 0 Å². The number of hydrogen-bond acceptors (Lipinski definition) is 5. The van der Waals surface area contributed by atoms with E-state index < -0.39 is 21.4 Å². The Bertz CT molecular complexity index is 870. The van der Waals surface area contributed by atoms with Gasteiger partial charge in [0.15, 0.2) is 0 Å². The average Bonchev–Trinajstić information content (AvgIpc) is 3.28. The molecule has 0 radical (unpaired) electrons. The van der Waals surface area contributed by atoms with Crippen molar-refractivity contribution in [1.29, 1.82) is 0 Å². The molecule has 0 spiro atoms. The summed E-state index contributed by atoms with van der Waals surface area (Å²) in [6.45, 7) is -0.173. The predicted molar refractivity (Wildman–Crippen MR) is 98.7 cm³/mol. The van der Waals surface area contributed by atoms with Gasteiger partial charge in [-0.2, -0.15) is 11.3 Å². The molecule has 0 fully saturated rings. The maximum Gasteiger partial charge on any atom is 0.215 e. The highest BCUT2D eigenvalue weighted by Gasteiger charge is 2.34. The second-order valence-electron chi connectivity index (χ2n) is 5.56. The first-order chi connectivity index (χ1) is 11.9. The van der Waals surface area contributed by atoms with Crippen LogP contribution in [0.1, 0.15) is 16.0 Å². The molecule has 25 heavy (non-hydrogen) atoms. The zero-order valence-corrected chi connectivity index (χ0v) is 15.5. The first-order valence-corrected chi connectivity index (χ1v) is 10.9. The molecule has 0 unspecified atom stereocenters. The summed E-state index contributed by atoms with van der Waals surface area (Å²) < 4.78 is 40.1. The molecule has 8 heteroatoms. The summed E-state index contributed by atoms with van der Waals surface area (Å²) in [6, 6.07) is 10.7. The van der Waals surface area contributed by atoms with Crippen LogP contribution in [0.3, 0.4) is 0 Å². The van der Waals surface area contributed by atoms with E-state index in [9.17, 15) is 17.9 Å². The molecule has 3 aromatic rings. The van der Waals surface area contributed by atoms with Gasteiger partial charge in [0.2, 0.25) is 10.0 Å². The molecule has 132 valence electrons. The third-order valence-corrected chi connectivity index (χ3v) is 6.75. The van der Waals surface area contributed by atoms with Gasteiger partial charge in [-0.25, -0.2) is 17.5 Å². The Balaban J connectivity index is 1.78. The van der Waals surface area contributed by atoms with Gasteiger partial charge in [-0.3, -0.25) is 0 Å². The molecule has 2 N–H and O–H groups in total. The van der Waals surface area contributed by atoms with Gasteiger partial charge in [0, 0.05) is 17.0 Å². The Kier molecular flexibility index (Phi) is 5.35. The van der Waals surface area contributed by atoms with Gasteiger partial charge in [0.05, 0.1) is 5.75 Å². The number of benzene rings is 1. The zero-order chi connectivity index (χ0) is 17.9. The normalized spacial score (nSPS) is 14.3. The van der Waals surface area contributed by atoms with Gasteiger partial charge in [-0.15, -0.1) is 11.3 Å². The first-order valence-electron chi connectivity index (χ1n) is 7.40. The highest BCUT2D eigenvalue weighted by molar-refractivity contribution is 7.88. The Morgan fingerprint density at radius 2 is 1.88 bits per heavy atom. The van der Waals surface area contributed by atoms with Crippen molar-refractivity contribution in [3.8, 4) is 0 Å². The van der Waals surface area contributed by atoms with Crippen molar-refractivity contribution in [1.82, 2.24) is 4.72 Å². The third kappa shape index (κ3) is 4.34. The smallest absolute Gasteiger partial charge is 0.215 e. The maximum absolute atomic E-state index is 12.9. The average molecular weight is 398 g/mol. The lowest BCUT2D eigenvalue weighted by atomic mass is 9.95.